The molecule has 2 saturated heterocycles. The summed E-state index contributed by atoms with van der Waals surface area (Å²) in [6.45, 7) is 0. The highest BCUT2D eigenvalue weighted by Gasteiger charge is 2.40. The number of fused-ring (bicyclic) bond motifs is 3. The predicted octanol–water partition coefficient (Wildman–Crippen LogP) is 3.74. The molecular weight excluding hydrogens is 282 g/mol. The van der Waals surface area contributed by atoms with Gasteiger partial charge in [0, 0.05) is 29.3 Å². The molecular formula is C17H24ClN3. The van der Waals surface area contributed by atoms with Crippen molar-refractivity contribution in [3.8, 4) is 0 Å². The third-order valence-corrected chi connectivity index (χ3v) is 6.18. The second-order valence-corrected chi connectivity index (χ2v) is 7.44. The van der Waals surface area contributed by atoms with E-state index >= 15 is 0 Å². The standard InChI is InChI=1S/C17H24ClN3/c1-21-12-7-8-13(21)10-11(9-12)17-19-15-6-4-2-3-5-14(15)16(18)20-17/h11-13H,2-10H2,1H3. The number of aryl methyl sites for hydroxylation is 1. The zero-order valence-corrected chi connectivity index (χ0v) is 13.6. The number of rotatable bonds is 1. The fourth-order valence-electron chi connectivity index (χ4n) is 4.55. The zero-order valence-electron chi connectivity index (χ0n) is 12.8. The maximum atomic E-state index is 6.49. The Morgan fingerprint density at radius 1 is 1.00 bits per heavy atom. The van der Waals surface area contributed by atoms with Gasteiger partial charge in [0.1, 0.15) is 11.0 Å². The van der Waals surface area contributed by atoms with Gasteiger partial charge in [0.2, 0.25) is 0 Å². The average molecular weight is 306 g/mol. The molecule has 0 aromatic carbocycles. The van der Waals surface area contributed by atoms with Crippen molar-refractivity contribution in [2.75, 3.05) is 7.05 Å². The molecule has 114 valence electrons. The van der Waals surface area contributed by atoms with Crippen LogP contribution in [-0.4, -0.2) is 34.0 Å². The highest BCUT2D eigenvalue weighted by Crippen LogP contribution is 2.41. The first-order valence-electron chi connectivity index (χ1n) is 8.49. The molecule has 2 fully saturated rings. The second kappa shape index (κ2) is 5.51. The van der Waals surface area contributed by atoms with Gasteiger partial charge in [0.15, 0.2) is 0 Å². The molecule has 21 heavy (non-hydrogen) atoms. The van der Waals surface area contributed by atoms with E-state index in [1.165, 1.54) is 56.2 Å². The summed E-state index contributed by atoms with van der Waals surface area (Å²) in [7, 11) is 2.28. The molecule has 4 heteroatoms. The fraction of sp³-hybridized carbons (Fsp3) is 0.765. The van der Waals surface area contributed by atoms with Crippen molar-refractivity contribution in [1.29, 1.82) is 0 Å². The van der Waals surface area contributed by atoms with Crippen molar-refractivity contribution in [3.05, 3.63) is 22.2 Å². The second-order valence-electron chi connectivity index (χ2n) is 7.08. The van der Waals surface area contributed by atoms with Crippen LogP contribution < -0.4 is 0 Å². The van der Waals surface area contributed by atoms with Crippen molar-refractivity contribution in [1.82, 2.24) is 14.9 Å². The lowest BCUT2D eigenvalue weighted by atomic mass is 9.90. The van der Waals surface area contributed by atoms with Gasteiger partial charge in [-0.3, -0.25) is 0 Å². The van der Waals surface area contributed by atoms with Gasteiger partial charge in [-0.2, -0.15) is 0 Å². The van der Waals surface area contributed by atoms with Crippen LogP contribution in [0.4, 0.5) is 0 Å². The van der Waals surface area contributed by atoms with Crippen molar-refractivity contribution >= 4 is 11.6 Å². The van der Waals surface area contributed by atoms with Crippen LogP contribution in [-0.2, 0) is 12.8 Å². The smallest absolute Gasteiger partial charge is 0.136 e. The van der Waals surface area contributed by atoms with Crippen LogP contribution in [0.1, 0.15) is 67.9 Å². The molecule has 2 atom stereocenters. The predicted molar refractivity (Wildman–Crippen MR) is 84.8 cm³/mol. The monoisotopic (exact) mass is 305 g/mol. The summed E-state index contributed by atoms with van der Waals surface area (Å²) in [4.78, 5) is 12.2. The Balaban J connectivity index is 1.64. The minimum Gasteiger partial charge on any atom is -0.300 e. The van der Waals surface area contributed by atoms with Crippen LogP contribution in [0.2, 0.25) is 5.15 Å². The summed E-state index contributed by atoms with van der Waals surface area (Å²) in [6.07, 6.45) is 11.0. The van der Waals surface area contributed by atoms with Crippen molar-refractivity contribution in [3.63, 3.8) is 0 Å². The Morgan fingerprint density at radius 2 is 1.71 bits per heavy atom. The van der Waals surface area contributed by atoms with Crippen molar-refractivity contribution in [2.24, 2.45) is 0 Å². The average Bonchev–Trinajstić information content (AvgIpc) is 2.71. The number of piperidine rings is 1. The summed E-state index contributed by atoms with van der Waals surface area (Å²) < 4.78 is 0. The third kappa shape index (κ3) is 2.49. The molecule has 3 heterocycles. The number of aromatic nitrogens is 2. The van der Waals surface area contributed by atoms with Gasteiger partial charge in [-0.05, 0) is 58.4 Å². The van der Waals surface area contributed by atoms with Crippen molar-refractivity contribution in [2.45, 2.75) is 75.8 Å². The van der Waals surface area contributed by atoms with Gasteiger partial charge in [-0.15, -0.1) is 0 Å². The number of halogens is 1. The van der Waals surface area contributed by atoms with E-state index in [2.05, 4.69) is 11.9 Å². The summed E-state index contributed by atoms with van der Waals surface area (Å²) in [5.74, 6) is 1.55. The first-order chi connectivity index (χ1) is 10.2. The van der Waals surface area contributed by atoms with E-state index < -0.39 is 0 Å². The van der Waals surface area contributed by atoms with Gasteiger partial charge in [0.25, 0.3) is 0 Å². The van der Waals surface area contributed by atoms with Crippen LogP contribution in [0.5, 0.6) is 0 Å². The molecule has 4 rings (SSSR count). The molecule has 2 unspecified atom stereocenters. The van der Waals surface area contributed by atoms with E-state index in [4.69, 9.17) is 21.6 Å². The topological polar surface area (TPSA) is 29.0 Å². The summed E-state index contributed by atoms with van der Waals surface area (Å²) >= 11 is 6.49. The van der Waals surface area contributed by atoms with E-state index in [9.17, 15) is 0 Å². The minimum atomic E-state index is 0.518. The molecule has 1 aromatic heterocycles. The Hall–Kier alpha value is -0.670. The first kappa shape index (κ1) is 14.0. The van der Waals surface area contributed by atoms with Crippen LogP contribution in [0.25, 0.3) is 0 Å². The third-order valence-electron chi connectivity index (χ3n) is 5.86. The van der Waals surface area contributed by atoms with Gasteiger partial charge >= 0.3 is 0 Å². The molecule has 0 N–H and O–H groups in total. The highest BCUT2D eigenvalue weighted by molar-refractivity contribution is 6.30. The SMILES string of the molecule is CN1C2CCC1CC(c1nc(Cl)c3c(n1)CCCCC3)C2. The highest BCUT2D eigenvalue weighted by atomic mass is 35.5. The first-order valence-corrected chi connectivity index (χ1v) is 8.87. The van der Waals surface area contributed by atoms with E-state index in [-0.39, 0.29) is 0 Å². The van der Waals surface area contributed by atoms with Gasteiger partial charge in [-0.25, -0.2) is 9.97 Å². The van der Waals surface area contributed by atoms with Gasteiger partial charge in [0.05, 0.1) is 0 Å². The molecule has 2 bridgehead atoms. The lowest BCUT2D eigenvalue weighted by molar-refractivity contribution is 0.158. The van der Waals surface area contributed by atoms with E-state index in [0.29, 0.717) is 5.92 Å². The van der Waals surface area contributed by atoms with Gasteiger partial charge < -0.3 is 4.90 Å². The van der Waals surface area contributed by atoms with Crippen LogP contribution >= 0.6 is 11.6 Å². The largest absolute Gasteiger partial charge is 0.300 e. The summed E-state index contributed by atoms with van der Waals surface area (Å²) in [6, 6.07) is 1.46. The van der Waals surface area contributed by atoms with Crippen molar-refractivity contribution < 1.29 is 0 Å². The minimum absolute atomic E-state index is 0.518. The number of hydrogen-bond donors (Lipinski definition) is 0. The number of hydrogen-bond acceptors (Lipinski definition) is 3. The molecule has 3 nitrogen and oxygen atoms in total. The van der Waals surface area contributed by atoms with E-state index in [1.54, 1.807) is 0 Å². The maximum absolute atomic E-state index is 6.49. The molecule has 0 radical (unpaired) electrons. The zero-order chi connectivity index (χ0) is 14.4. The Bertz CT molecular complexity index is 531. The fourth-order valence-corrected chi connectivity index (χ4v) is 4.84. The molecule has 0 saturated carbocycles. The van der Waals surface area contributed by atoms with Crippen LogP contribution in [0.15, 0.2) is 0 Å². The Labute approximate surface area is 132 Å². The summed E-state index contributed by atoms with van der Waals surface area (Å²) in [5.41, 5.74) is 2.47. The molecule has 0 amide bonds. The quantitative estimate of drug-likeness (QED) is 0.584. The number of nitrogens with zero attached hydrogens (tertiary/aromatic N) is 3. The molecule has 0 spiro atoms. The van der Waals surface area contributed by atoms with Crippen LogP contribution in [0.3, 0.4) is 0 Å². The molecule has 3 aliphatic rings. The van der Waals surface area contributed by atoms with E-state index in [0.717, 1.165) is 35.9 Å². The summed E-state index contributed by atoms with van der Waals surface area (Å²) in [5, 5.41) is 0.739. The molecule has 1 aromatic rings. The Morgan fingerprint density at radius 3 is 2.48 bits per heavy atom. The lowest BCUT2D eigenvalue weighted by Crippen LogP contribution is -2.39. The van der Waals surface area contributed by atoms with Crippen LogP contribution in [0, 0.1) is 0 Å². The normalized spacial score (nSPS) is 32.8. The molecule has 1 aliphatic carbocycles. The maximum Gasteiger partial charge on any atom is 0.136 e. The Kier molecular flexibility index (Phi) is 3.66. The lowest BCUT2D eigenvalue weighted by Gasteiger charge is -2.35. The van der Waals surface area contributed by atoms with E-state index in [1.807, 2.05) is 0 Å². The van der Waals surface area contributed by atoms with Gasteiger partial charge in [-0.1, -0.05) is 18.0 Å². The molecule has 2 aliphatic heterocycles.